The summed E-state index contributed by atoms with van der Waals surface area (Å²) in [5.41, 5.74) is 3.55. The predicted molar refractivity (Wildman–Crippen MR) is 163 cm³/mol. The van der Waals surface area contributed by atoms with Crippen LogP contribution in [0.15, 0.2) is 36.4 Å². The van der Waals surface area contributed by atoms with Gasteiger partial charge in [0.2, 0.25) is 5.88 Å². The second-order valence-electron chi connectivity index (χ2n) is 12.2. The van der Waals surface area contributed by atoms with Crippen LogP contribution in [-0.4, -0.2) is 69.5 Å². The van der Waals surface area contributed by atoms with Gasteiger partial charge >= 0.3 is 24.3 Å². The number of nitrogens with one attached hydrogen (secondary N) is 1. The van der Waals surface area contributed by atoms with Gasteiger partial charge in [0.25, 0.3) is 0 Å². The van der Waals surface area contributed by atoms with Gasteiger partial charge in [-0.1, -0.05) is 39.0 Å². The first-order chi connectivity index (χ1) is 22.3. The number of benzene rings is 1. The number of aromatic nitrogens is 3. The third-order valence-corrected chi connectivity index (χ3v) is 7.38. The lowest BCUT2D eigenvalue weighted by Gasteiger charge is -2.24. The van der Waals surface area contributed by atoms with E-state index in [1.165, 1.54) is 13.2 Å². The van der Waals surface area contributed by atoms with Gasteiger partial charge in [0.15, 0.2) is 0 Å². The van der Waals surface area contributed by atoms with Crippen LogP contribution in [0.2, 0.25) is 0 Å². The van der Waals surface area contributed by atoms with E-state index >= 15 is 0 Å². The second-order valence-corrected chi connectivity index (χ2v) is 12.2. The monoisotopic (exact) mass is 688 g/mol. The summed E-state index contributed by atoms with van der Waals surface area (Å²) < 4.78 is 84.3. The molecule has 48 heavy (non-hydrogen) atoms. The molecule has 1 unspecified atom stereocenters. The molecule has 1 aliphatic heterocycles. The van der Waals surface area contributed by atoms with Crippen LogP contribution in [0.3, 0.4) is 0 Å². The first-order valence-corrected chi connectivity index (χ1v) is 15.0. The quantitative estimate of drug-likeness (QED) is 0.192. The molecule has 4 rings (SSSR count). The summed E-state index contributed by atoms with van der Waals surface area (Å²) in [7, 11) is 1.49. The minimum Gasteiger partial charge on any atom is -0.496 e. The number of nitrogens with zero attached hydrogens (tertiary/aromatic N) is 3. The van der Waals surface area contributed by atoms with Crippen LogP contribution >= 0.6 is 0 Å². The van der Waals surface area contributed by atoms with Gasteiger partial charge in [-0.25, -0.2) is 9.78 Å². The average Bonchev–Trinajstić information content (AvgIpc) is 3.34. The topological polar surface area (TPSA) is 136 Å². The molecular formula is C32H38F6N4O6. The third kappa shape index (κ3) is 11.3. The number of pyridine rings is 1. The fraction of sp³-hybridized carbons (Fsp3) is 0.500. The largest absolute Gasteiger partial charge is 0.496 e. The highest BCUT2D eigenvalue weighted by Gasteiger charge is 2.38. The van der Waals surface area contributed by atoms with Gasteiger partial charge in [0, 0.05) is 36.3 Å². The Bertz CT molecular complexity index is 1570. The van der Waals surface area contributed by atoms with Crippen LogP contribution in [0.5, 0.6) is 11.6 Å². The van der Waals surface area contributed by atoms with E-state index < -0.39 is 36.8 Å². The third-order valence-electron chi connectivity index (χ3n) is 7.38. The summed E-state index contributed by atoms with van der Waals surface area (Å²) in [5.74, 6) is -3.09. The SMILES string of the molecule is COc1ccc(C(C)(C)C)cc1C(CC(=O)O)Cc1cc(OCCc2ccc3c(n2)NCCC3)nn1CC(F)(F)F.O=C(O)C(F)(F)F. The lowest BCUT2D eigenvalue weighted by Crippen LogP contribution is -2.22. The molecular weight excluding hydrogens is 650 g/mol. The van der Waals surface area contributed by atoms with E-state index in [0.29, 0.717) is 17.7 Å². The molecule has 3 aromatic rings. The van der Waals surface area contributed by atoms with Crippen molar-refractivity contribution in [3.8, 4) is 11.6 Å². The van der Waals surface area contributed by atoms with Crippen molar-refractivity contribution in [2.45, 2.75) is 83.1 Å². The average molecular weight is 689 g/mol. The molecule has 1 atom stereocenters. The van der Waals surface area contributed by atoms with E-state index in [2.05, 4.69) is 15.4 Å². The molecule has 1 aromatic carbocycles. The number of ether oxygens (including phenoxy) is 2. The van der Waals surface area contributed by atoms with Crippen molar-refractivity contribution < 1.29 is 55.6 Å². The molecule has 0 saturated heterocycles. The molecule has 0 spiro atoms. The van der Waals surface area contributed by atoms with Gasteiger partial charge in [-0.15, -0.1) is 5.10 Å². The zero-order valence-electron chi connectivity index (χ0n) is 26.8. The number of hydrogen-bond donors (Lipinski definition) is 3. The lowest BCUT2D eigenvalue weighted by molar-refractivity contribution is -0.192. The Labute approximate surface area is 273 Å². The number of anilines is 1. The van der Waals surface area contributed by atoms with Gasteiger partial charge in [-0.3, -0.25) is 9.48 Å². The molecule has 10 nitrogen and oxygen atoms in total. The first-order valence-electron chi connectivity index (χ1n) is 15.0. The van der Waals surface area contributed by atoms with Gasteiger partial charge in [0.1, 0.15) is 18.1 Å². The van der Waals surface area contributed by atoms with Gasteiger partial charge in [-0.2, -0.15) is 26.3 Å². The minimum atomic E-state index is -5.08. The number of carbonyl (C=O) groups is 2. The van der Waals surface area contributed by atoms with E-state index in [0.717, 1.165) is 46.7 Å². The normalized spacial score (nSPS) is 13.8. The maximum absolute atomic E-state index is 13.5. The highest BCUT2D eigenvalue weighted by molar-refractivity contribution is 5.73. The van der Waals surface area contributed by atoms with Crippen molar-refractivity contribution in [2.24, 2.45) is 0 Å². The zero-order chi connectivity index (χ0) is 35.9. The van der Waals surface area contributed by atoms with E-state index in [1.807, 2.05) is 45.0 Å². The number of aliphatic carboxylic acids is 2. The van der Waals surface area contributed by atoms with E-state index in [9.17, 15) is 36.2 Å². The molecule has 2 aromatic heterocycles. The number of fused-ring (bicyclic) bond motifs is 1. The second kappa shape index (κ2) is 15.6. The van der Waals surface area contributed by atoms with E-state index in [1.54, 1.807) is 6.07 Å². The van der Waals surface area contributed by atoms with Crippen molar-refractivity contribution in [3.05, 3.63) is 64.5 Å². The standard InChI is InChI=1S/C30H37F3N4O4.C2HF3O2/c1-29(2,3)21-8-10-25(40-4)24(16-21)20(15-27(38)39)14-23-17-26(36-37(23)18-30(31,32)33)41-13-11-22-9-7-19-6-5-12-34-28(19)35-22;3-2(4,5)1(6)7/h7-10,16-17,20H,5-6,11-15,18H2,1-4H3,(H,34,35)(H,38,39);(H,6,7). The molecule has 0 fully saturated rings. The number of methoxy groups -OCH3 is 1. The van der Waals surface area contributed by atoms with E-state index in [-0.39, 0.29) is 36.4 Å². The summed E-state index contributed by atoms with van der Waals surface area (Å²) in [4.78, 5) is 25.4. The van der Waals surface area contributed by atoms with Gasteiger partial charge in [0.05, 0.1) is 20.1 Å². The molecule has 0 radical (unpaired) electrons. The van der Waals surface area contributed by atoms with Crippen LogP contribution in [-0.2, 0) is 40.8 Å². The Balaban J connectivity index is 0.000000804. The summed E-state index contributed by atoms with van der Waals surface area (Å²) in [6, 6.07) is 11.0. The van der Waals surface area contributed by atoms with E-state index in [4.69, 9.17) is 19.4 Å². The Morgan fingerprint density at radius 3 is 2.31 bits per heavy atom. The molecule has 264 valence electrons. The van der Waals surface area contributed by atoms with Crippen LogP contribution in [0.4, 0.5) is 32.2 Å². The fourth-order valence-electron chi connectivity index (χ4n) is 5.01. The van der Waals surface area contributed by atoms with Crippen molar-refractivity contribution >= 4 is 17.8 Å². The number of halogens is 6. The van der Waals surface area contributed by atoms with Crippen molar-refractivity contribution in [2.75, 3.05) is 25.6 Å². The molecule has 3 heterocycles. The zero-order valence-corrected chi connectivity index (χ0v) is 26.8. The smallest absolute Gasteiger partial charge is 0.490 e. The van der Waals surface area contributed by atoms with Crippen LogP contribution in [0.1, 0.15) is 67.6 Å². The number of carboxylic acids is 2. The summed E-state index contributed by atoms with van der Waals surface area (Å²) in [6.45, 7) is 5.82. The van der Waals surface area contributed by atoms with Crippen LogP contribution < -0.4 is 14.8 Å². The molecule has 0 amide bonds. The Kier molecular flexibility index (Phi) is 12.3. The van der Waals surface area contributed by atoms with Crippen molar-refractivity contribution in [1.82, 2.24) is 14.8 Å². The maximum Gasteiger partial charge on any atom is 0.490 e. The Hall–Kier alpha value is -4.50. The lowest BCUT2D eigenvalue weighted by atomic mass is 9.82. The highest BCUT2D eigenvalue weighted by atomic mass is 19.4. The molecule has 0 bridgehead atoms. The predicted octanol–water partition coefficient (Wildman–Crippen LogP) is 6.56. The molecule has 0 aliphatic carbocycles. The Morgan fingerprint density at radius 2 is 1.73 bits per heavy atom. The Morgan fingerprint density at radius 1 is 1.04 bits per heavy atom. The first kappa shape index (κ1) is 38.0. The maximum atomic E-state index is 13.5. The summed E-state index contributed by atoms with van der Waals surface area (Å²) >= 11 is 0. The number of alkyl halides is 6. The summed E-state index contributed by atoms with van der Waals surface area (Å²) in [5, 5.41) is 24.2. The molecule has 16 heteroatoms. The number of aryl methyl sites for hydroxylation is 1. The fourth-order valence-corrected chi connectivity index (χ4v) is 5.01. The summed E-state index contributed by atoms with van der Waals surface area (Å²) in [6.07, 6.45) is -7.42. The molecule has 3 N–H and O–H groups in total. The number of carboxylic acid groups (broad SMARTS) is 2. The van der Waals surface area contributed by atoms with Crippen molar-refractivity contribution in [1.29, 1.82) is 0 Å². The number of hydrogen-bond acceptors (Lipinski definition) is 7. The van der Waals surface area contributed by atoms with Crippen LogP contribution in [0.25, 0.3) is 0 Å². The van der Waals surface area contributed by atoms with Gasteiger partial charge in [-0.05, 0) is 53.5 Å². The minimum absolute atomic E-state index is 0.000737. The highest BCUT2D eigenvalue weighted by Crippen LogP contribution is 2.36. The van der Waals surface area contributed by atoms with Crippen LogP contribution in [0, 0.1) is 0 Å². The van der Waals surface area contributed by atoms with Gasteiger partial charge < -0.3 is 25.0 Å². The number of rotatable bonds is 11. The molecule has 0 saturated carbocycles. The van der Waals surface area contributed by atoms with Crippen molar-refractivity contribution in [3.63, 3.8) is 0 Å². The molecule has 1 aliphatic rings.